The first-order valence-electron chi connectivity index (χ1n) is 13.9. The molecular formula is C32H38N2O8. The molecule has 0 spiro atoms. The van der Waals surface area contributed by atoms with Crippen LogP contribution in [0.25, 0.3) is 5.57 Å². The van der Waals surface area contributed by atoms with Gasteiger partial charge in [-0.15, -0.1) is 0 Å². The van der Waals surface area contributed by atoms with Crippen LogP contribution in [0.1, 0.15) is 76.0 Å². The van der Waals surface area contributed by atoms with Crippen LogP contribution >= 0.6 is 0 Å². The maximum atomic E-state index is 13.3. The van der Waals surface area contributed by atoms with E-state index < -0.39 is 23.6 Å². The lowest BCUT2D eigenvalue weighted by Gasteiger charge is -2.20. The Bertz CT molecular complexity index is 1500. The van der Waals surface area contributed by atoms with Gasteiger partial charge in [0.05, 0.1) is 25.5 Å². The molecule has 1 aliphatic heterocycles. The van der Waals surface area contributed by atoms with E-state index >= 15 is 0 Å². The summed E-state index contributed by atoms with van der Waals surface area (Å²) in [5.74, 6) is 0.789. The summed E-state index contributed by atoms with van der Waals surface area (Å²) in [6, 6.07) is 10.5. The zero-order chi connectivity index (χ0) is 30.6. The van der Waals surface area contributed by atoms with E-state index in [1.807, 2.05) is 13.0 Å². The summed E-state index contributed by atoms with van der Waals surface area (Å²) in [5.41, 5.74) is 1.14. The van der Waals surface area contributed by atoms with Crippen molar-refractivity contribution in [3.63, 3.8) is 0 Å². The van der Waals surface area contributed by atoms with Gasteiger partial charge in [0.15, 0.2) is 11.5 Å². The molecule has 224 valence electrons. The lowest BCUT2D eigenvalue weighted by atomic mass is 9.85. The van der Waals surface area contributed by atoms with E-state index in [9.17, 15) is 14.7 Å². The number of ether oxygens (including phenoxy) is 5. The molecule has 3 aromatic rings. The van der Waals surface area contributed by atoms with E-state index in [1.165, 1.54) is 18.8 Å². The van der Waals surface area contributed by atoms with Crippen molar-refractivity contribution in [2.45, 2.75) is 65.4 Å². The van der Waals surface area contributed by atoms with Crippen molar-refractivity contribution < 1.29 is 38.4 Å². The number of aryl methyl sites for hydroxylation is 1. The largest absolute Gasteiger partial charge is 0.497 e. The quantitative estimate of drug-likeness (QED) is 0.271. The number of methoxy groups -OCH3 is 2. The highest BCUT2D eigenvalue weighted by Crippen LogP contribution is 2.42. The van der Waals surface area contributed by atoms with Crippen LogP contribution in [0.2, 0.25) is 0 Å². The van der Waals surface area contributed by atoms with E-state index in [0.717, 1.165) is 12.8 Å². The molecule has 1 unspecified atom stereocenters. The van der Waals surface area contributed by atoms with Crippen molar-refractivity contribution in [3.8, 4) is 23.0 Å². The minimum atomic E-state index is -1.14. The first-order valence-corrected chi connectivity index (χ1v) is 13.9. The second kappa shape index (κ2) is 12.6. The summed E-state index contributed by atoms with van der Waals surface area (Å²) >= 11 is 0. The Morgan fingerprint density at radius 3 is 2.45 bits per heavy atom. The molecule has 0 amide bonds. The Hall–Kier alpha value is -4.47. The van der Waals surface area contributed by atoms with Crippen LogP contribution < -0.4 is 18.9 Å². The van der Waals surface area contributed by atoms with Crippen LogP contribution in [0.15, 0.2) is 48.2 Å². The Kier molecular flexibility index (Phi) is 9.14. The zero-order valence-electron chi connectivity index (χ0n) is 25.1. The third-order valence-corrected chi connectivity index (χ3v) is 6.89. The lowest BCUT2D eigenvalue weighted by Crippen LogP contribution is -2.27. The zero-order valence-corrected chi connectivity index (χ0v) is 25.1. The number of aliphatic carboxylic acids is 1. The summed E-state index contributed by atoms with van der Waals surface area (Å²) in [4.78, 5) is 31.3. The maximum Gasteiger partial charge on any atom is 0.420 e. The molecule has 0 saturated heterocycles. The highest BCUT2D eigenvalue weighted by molar-refractivity contribution is 6.02. The summed E-state index contributed by atoms with van der Waals surface area (Å²) in [6.07, 6.45) is 3.13. The van der Waals surface area contributed by atoms with Gasteiger partial charge < -0.3 is 28.8 Å². The monoisotopic (exact) mass is 578 g/mol. The van der Waals surface area contributed by atoms with Crippen LogP contribution in [-0.4, -0.2) is 53.3 Å². The Labute approximate surface area is 245 Å². The van der Waals surface area contributed by atoms with Gasteiger partial charge in [-0.1, -0.05) is 26.3 Å². The number of benzene rings is 2. The lowest BCUT2D eigenvalue weighted by molar-refractivity contribution is -0.132. The van der Waals surface area contributed by atoms with Crippen LogP contribution in [0.4, 0.5) is 4.79 Å². The van der Waals surface area contributed by atoms with E-state index in [4.69, 9.17) is 28.7 Å². The highest BCUT2D eigenvalue weighted by Gasteiger charge is 2.31. The predicted molar refractivity (Wildman–Crippen MR) is 157 cm³/mol. The van der Waals surface area contributed by atoms with Gasteiger partial charge in [0.25, 0.3) is 0 Å². The summed E-state index contributed by atoms with van der Waals surface area (Å²) < 4.78 is 29.2. The van der Waals surface area contributed by atoms with Gasteiger partial charge in [0.2, 0.25) is 6.79 Å². The number of carbonyl (C=O) groups is 2. The number of hydrogen-bond donors (Lipinski definition) is 1. The minimum Gasteiger partial charge on any atom is -0.497 e. The minimum absolute atomic E-state index is 0.0632. The van der Waals surface area contributed by atoms with Gasteiger partial charge in [-0.2, -0.15) is 0 Å². The highest BCUT2D eigenvalue weighted by atomic mass is 16.7. The van der Waals surface area contributed by atoms with E-state index in [0.29, 0.717) is 57.6 Å². The predicted octanol–water partition coefficient (Wildman–Crippen LogP) is 6.45. The van der Waals surface area contributed by atoms with Crippen molar-refractivity contribution in [1.82, 2.24) is 9.55 Å². The van der Waals surface area contributed by atoms with Crippen LogP contribution in [-0.2, 0) is 16.0 Å². The number of carboxylic acids is 1. The molecule has 0 bridgehead atoms. The summed E-state index contributed by atoms with van der Waals surface area (Å²) in [7, 11) is 3.04. The van der Waals surface area contributed by atoms with Crippen LogP contribution in [0, 0.1) is 0 Å². The van der Waals surface area contributed by atoms with Gasteiger partial charge in [0.1, 0.15) is 22.9 Å². The molecule has 0 radical (unpaired) electrons. The van der Waals surface area contributed by atoms with Gasteiger partial charge >= 0.3 is 12.1 Å². The van der Waals surface area contributed by atoms with Gasteiger partial charge in [-0.3, -0.25) is 0 Å². The molecule has 1 N–H and O–H groups in total. The van der Waals surface area contributed by atoms with Crippen LogP contribution in [0.3, 0.4) is 0 Å². The first-order chi connectivity index (χ1) is 20.0. The van der Waals surface area contributed by atoms with Crippen molar-refractivity contribution in [3.05, 3.63) is 70.8 Å². The number of unbranched alkanes of at least 4 members (excludes halogenated alkanes) is 1. The first kappa shape index (κ1) is 30.5. The number of fused-ring (bicyclic) bond motifs is 1. The molecule has 2 aromatic carbocycles. The number of carbonyl (C=O) groups excluding carboxylic acids is 1. The van der Waals surface area contributed by atoms with Crippen molar-refractivity contribution in [1.29, 1.82) is 0 Å². The van der Waals surface area contributed by atoms with Crippen molar-refractivity contribution in [2.75, 3.05) is 21.0 Å². The van der Waals surface area contributed by atoms with Gasteiger partial charge in [-0.25, -0.2) is 19.1 Å². The number of nitrogens with zero attached hydrogens (tertiary/aromatic N) is 2. The summed E-state index contributed by atoms with van der Waals surface area (Å²) in [5, 5.41) is 10.7. The normalized spacial score (nSPS) is 13.8. The molecule has 0 fully saturated rings. The Morgan fingerprint density at radius 2 is 1.81 bits per heavy atom. The smallest absolute Gasteiger partial charge is 0.420 e. The Morgan fingerprint density at radius 1 is 1.07 bits per heavy atom. The SMILES string of the molecule is CCCCc1nc(C(=C(C(=O)O)C(C)c2ccc3c(c2)OCO3)c2ccc(OC)cc2OC)cn1C(=O)OC(C)(C)C. The molecule has 4 rings (SSSR count). The second-order valence-electron chi connectivity index (χ2n) is 11.0. The molecule has 10 nitrogen and oxygen atoms in total. The average molecular weight is 579 g/mol. The third-order valence-electron chi connectivity index (χ3n) is 6.89. The molecule has 1 atom stereocenters. The van der Waals surface area contributed by atoms with Crippen molar-refractivity contribution in [2.24, 2.45) is 0 Å². The fourth-order valence-corrected chi connectivity index (χ4v) is 4.80. The van der Waals surface area contributed by atoms with Crippen LogP contribution in [0.5, 0.6) is 23.0 Å². The van der Waals surface area contributed by atoms with E-state index in [1.54, 1.807) is 64.2 Å². The standard InChI is InChI=1S/C32H38N2O8/c1-8-9-10-27-33-23(17-34(27)31(37)42-32(3,4)5)29(22-13-12-21(38-6)16-25(22)39-7)28(30(35)36)19(2)20-11-14-24-26(15-20)41-18-40-24/h11-17,19H,8-10,18H2,1-7H3,(H,35,36). The molecule has 1 aliphatic rings. The fraction of sp³-hybridized carbons (Fsp3) is 0.406. The number of rotatable bonds is 10. The Balaban J connectivity index is 2.00. The topological polar surface area (TPSA) is 118 Å². The molecule has 0 aliphatic carbocycles. The molecule has 0 saturated carbocycles. The fourth-order valence-electron chi connectivity index (χ4n) is 4.80. The molecule has 42 heavy (non-hydrogen) atoms. The van der Waals surface area contributed by atoms with Gasteiger partial charge in [-0.05, 0) is 57.0 Å². The average Bonchev–Trinajstić information content (AvgIpc) is 3.59. The molecule has 1 aromatic heterocycles. The number of hydrogen-bond acceptors (Lipinski definition) is 8. The third kappa shape index (κ3) is 6.53. The molecule has 10 heteroatoms. The second-order valence-corrected chi connectivity index (χ2v) is 11.0. The molecular weight excluding hydrogens is 540 g/mol. The van der Waals surface area contributed by atoms with Gasteiger partial charge in [0, 0.05) is 35.7 Å². The number of imidazole rings is 1. The maximum absolute atomic E-state index is 13.3. The number of aromatic nitrogens is 2. The molecule has 2 heterocycles. The number of carboxylic acid groups (broad SMARTS) is 1. The van der Waals surface area contributed by atoms with Crippen molar-refractivity contribution >= 4 is 17.6 Å². The summed E-state index contributed by atoms with van der Waals surface area (Å²) in [6.45, 7) is 9.32. The van der Waals surface area contributed by atoms with E-state index in [-0.39, 0.29) is 12.4 Å². The van der Waals surface area contributed by atoms with E-state index in [2.05, 4.69) is 0 Å².